The molecule has 0 aromatic carbocycles. The minimum Gasteiger partial charge on any atom is -0.382 e. The van der Waals surface area contributed by atoms with E-state index in [1.807, 2.05) is 13.2 Å². The molecule has 0 saturated heterocycles. The van der Waals surface area contributed by atoms with Crippen LogP contribution in [0, 0.1) is 0 Å². The summed E-state index contributed by atoms with van der Waals surface area (Å²) in [5.41, 5.74) is 7.59. The Labute approximate surface area is 92.8 Å². The van der Waals surface area contributed by atoms with Gasteiger partial charge in [0.05, 0.1) is 6.20 Å². The zero-order valence-electron chi connectivity index (χ0n) is 9.09. The second-order valence-electron chi connectivity index (χ2n) is 4.25. The van der Waals surface area contributed by atoms with Crippen LogP contribution < -0.4 is 11.6 Å². The molecule has 6 heteroatoms. The maximum atomic E-state index is 5.95. The molecule has 16 heavy (non-hydrogen) atoms. The number of imidazole rings is 1. The van der Waals surface area contributed by atoms with Gasteiger partial charge >= 0.3 is 0 Å². The predicted octanol–water partition coefficient (Wildman–Crippen LogP) is 0.457. The van der Waals surface area contributed by atoms with Crippen LogP contribution in [0.1, 0.15) is 24.6 Å². The molecule has 0 radical (unpaired) electrons. The average Bonchev–Trinajstić information content (AvgIpc) is 2.95. The molecule has 84 valence electrons. The minimum atomic E-state index is 0.484. The maximum Gasteiger partial charge on any atom is 0.150 e. The molecule has 0 amide bonds. The third-order valence-corrected chi connectivity index (χ3v) is 2.90. The van der Waals surface area contributed by atoms with Crippen LogP contribution in [0.5, 0.6) is 0 Å². The van der Waals surface area contributed by atoms with E-state index in [0.29, 0.717) is 11.7 Å². The van der Waals surface area contributed by atoms with Gasteiger partial charge in [0.1, 0.15) is 11.5 Å². The van der Waals surface area contributed by atoms with E-state index in [1.54, 1.807) is 10.9 Å². The summed E-state index contributed by atoms with van der Waals surface area (Å²) < 4.78 is 3.22. The number of anilines is 1. The molecule has 4 N–H and O–H groups in total. The number of aryl methyl sites for hydroxylation is 1. The molecule has 1 saturated carbocycles. The van der Waals surface area contributed by atoms with Gasteiger partial charge in [0, 0.05) is 24.7 Å². The standard InChI is InChI=1S/C10H14N6/c1-15-5-7(4-13-15)8-9(11)16(12)10(14-8)6-2-3-6/h4-6H,2-3,11-12H2,1H3. The van der Waals surface area contributed by atoms with E-state index in [9.17, 15) is 0 Å². The minimum absolute atomic E-state index is 0.484. The molecule has 6 nitrogen and oxygen atoms in total. The van der Waals surface area contributed by atoms with Gasteiger partial charge in [0.25, 0.3) is 0 Å². The normalized spacial score (nSPS) is 15.6. The predicted molar refractivity (Wildman–Crippen MR) is 61.0 cm³/mol. The first-order valence-electron chi connectivity index (χ1n) is 5.29. The van der Waals surface area contributed by atoms with Crippen molar-refractivity contribution in [3.05, 3.63) is 18.2 Å². The van der Waals surface area contributed by atoms with E-state index < -0.39 is 0 Å². The Morgan fingerprint density at radius 3 is 2.75 bits per heavy atom. The van der Waals surface area contributed by atoms with Crippen molar-refractivity contribution < 1.29 is 0 Å². The zero-order chi connectivity index (χ0) is 11.3. The molecular weight excluding hydrogens is 204 g/mol. The topological polar surface area (TPSA) is 87.7 Å². The first-order chi connectivity index (χ1) is 7.66. The Morgan fingerprint density at radius 2 is 2.19 bits per heavy atom. The molecule has 2 aromatic heterocycles. The van der Waals surface area contributed by atoms with E-state index in [-0.39, 0.29) is 0 Å². The van der Waals surface area contributed by atoms with Gasteiger partial charge in [-0.25, -0.2) is 9.66 Å². The van der Waals surface area contributed by atoms with E-state index in [4.69, 9.17) is 11.6 Å². The lowest BCUT2D eigenvalue weighted by atomic mass is 10.2. The molecule has 0 spiro atoms. The van der Waals surface area contributed by atoms with Crippen molar-refractivity contribution >= 4 is 5.82 Å². The van der Waals surface area contributed by atoms with Crippen molar-refractivity contribution in [2.24, 2.45) is 7.05 Å². The van der Waals surface area contributed by atoms with Gasteiger partial charge in [-0.1, -0.05) is 0 Å². The summed E-state index contributed by atoms with van der Waals surface area (Å²) in [6, 6.07) is 0. The highest BCUT2D eigenvalue weighted by Gasteiger charge is 2.30. The van der Waals surface area contributed by atoms with E-state index in [2.05, 4.69) is 10.1 Å². The van der Waals surface area contributed by atoms with Gasteiger partial charge in [-0.3, -0.25) is 4.68 Å². The van der Waals surface area contributed by atoms with E-state index >= 15 is 0 Å². The largest absolute Gasteiger partial charge is 0.382 e. The number of rotatable bonds is 2. The number of aromatic nitrogens is 4. The van der Waals surface area contributed by atoms with Gasteiger partial charge in [-0.15, -0.1) is 0 Å². The van der Waals surface area contributed by atoms with E-state index in [1.165, 1.54) is 4.68 Å². The zero-order valence-corrected chi connectivity index (χ0v) is 9.09. The summed E-state index contributed by atoms with van der Waals surface area (Å²) in [7, 11) is 1.86. The fourth-order valence-electron chi connectivity index (χ4n) is 1.85. The second-order valence-corrected chi connectivity index (χ2v) is 4.25. The highest BCUT2D eigenvalue weighted by atomic mass is 15.4. The highest BCUT2D eigenvalue weighted by molar-refractivity contribution is 5.70. The fourth-order valence-corrected chi connectivity index (χ4v) is 1.85. The quantitative estimate of drug-likeness (QED) is 0.717. The van der Waals surface area contributed by atoms with E-state index in [0.717, 1.165) is 29.9 Å². The van der Waals surface area contributed by atoms with Gasteiger partial charge in [-0.2, -0.15) is 5.10 Å². The van der Waals surface area contributed by atoms with Crippen molar-refractivity contribution in [1.82, 2.24) is 19.4 Å². The Bertz CT molecular complexity index is 533. The molecular formula is C10H14N6. The van der Waals surface area contributed by atoms with Crippen LogP contribution in [0.25, 0.3) is 11.3 Å². The molecule has 0 unspecified atom stereocenters. The molecule has 1 aliphatic carbocycles. The van der Waals surface area contributed by atoms with Crippen LogP contribution in [-0.2, 0) is 7.05 Å². The smallest absolute Gasteiger partial charge is 0.150 e. The van der Waals surface area contributed by atoms with Gasteiger partial charge in [-0.05, 0) is 12.8 Å². The summed E-state index contributed by atoms with van der Waals surface area (Å²) in [6.45, 7) is 0. The highest BCUT2D eigenvalue weighted by Crippen LogP contribution is 2.41. The third-order valence-electron chi connectivity index (χ3n) is 2.90. The molecule has 2 aromatic rings. The summed E-state index contributed by atoms with van der Waals surface area (Å²) in [4.78, 5) is 4.51. The fraction of sp³-hybridized carbons (Fsp3) is 0.400. The summed E-state index contributed by atoms with van der Waals surface area (Å²) in [5, 5.41) is 4.10. The third kappa shape index (κ3) is 1.26. The Balaban J connectivity index is 2.10. The molecule has 1 aliphatic rings. The Kier molecular flexibility index (Phi) is 1.74. The first kappa shape index (κ1) is 9.26. The summed E-state index contributed by atoms with van der Waals surface area (Å²) >= 11 is 0. The van der Waals surface area contributed by atoms with Gasteiger partial charge in [0.2, 0.25) is 0 Å². The second kappa shape index (κ2) is 3.01. The molecule has 2 heterocycles. The van der Waals surface area contributed by atoms with Crippen molar-refractivity contribution in [2.75, 3.05) is 11.6 Å². The SMILES string of the molecule is Cn1cc(-c2nc(C3CC3)n(N)c2N)cn1. The lowest BCUT2D eigenvalue weighted by molar-refractivity contribution is 0.768. The van der Waals surface area contributed by atoms with Crippen LogP contribution in [0.15, 0.2) is 12.4 Å². The van der Waals surface area contributed by atoms with Crippen molar-refractivity contribution in [3.63, 3.8) is 0 Å². The molecule has 0 aliphatic heterocycles. The molecule has 0 bridgehead atoms. The van der Waals surface area contributed by atoms with Crippen LogP contribution >= 0.6 is 0 Å². The lowest BCUT2D eigenvalue weighted by Gasteiger charge is -1.99. The Morgan fingerprint density at radius 1 is 1.44 bits per heavy atom. The number of hydrogen-bond donors (Lipinski definition) is 2. The average molecular weight is 218 g/mol. The molecule has 3 rings (SSSR count). The van der Waals surface area contributed by atoms with Crippen LogP contribution in [0.3, 0.4) is 0 Å². The molecule has 0 atom stereocenters. The van der Waals surface area contributed by atoms with Crippen molar-refractivity contribution in [1.29, 1.82) is 0 Å². The van der Waals surface area contributed by atoms with Gasteiger partial charge in [0.15, 0.2) is 5.82 Å². The van der Waals surface area contributed by atoms with Crippen LogP contribution in [0.4, 0.5) is 5.82 Å². The monoisotopic (exact) mass is 218 g/mol. The van der Waals surface area contributed by atoms with Crippen LogP contribution in [-0.4, -0.2) is 19.4 Å². The summed E-state index contributed by atoms with van der Waals surface area (Å²) in [5.74, 6) is 7.77. The van der Waals surface area contributed by atoms with Crippen molar-refractivity contribution in [2.45, 2.75) is 18.8 Å². The number of nitrogens with zero attached hydrogens (tertiary/aromatic N) is 4. The number of nitrogens with two attached hydrogens (primary N) is 2. The first-order valence-corrected chi connectivity index (χ1v) is 5.29. The molecule has 1 fully saturated rings. The lowest BCUT2D eigenvalue weighted by Crippen LogP contribution is -2.14. The van der Waals surface area contributed by atoms with Gasteiger partial charge < -0.3 is 11.6 Å². The van der Waals surface area contributed by atoms with Crippen LogP contribution in [0.2, 0.25) is 0 Å². The van der Waals surface area contributed by atoms with Crippen molar-refractivity contribution in [3.8, 4) is 11.3 Å². The summed E-state index contributed by atoms with van der Waals surface area (Å²) in [6.07, 6.45) is 5.94. The number of hydrogen-bond acceptors (Lipinski definition) is 4. The Hall–Kier alpha value is -1.98. The maximum absolute atomic E-state index is 5.95. The number of nitrogen functional groups attached to an aromatic ring is 2.